The molecule has 20 heavy (non-hydrogen) atoms. The Bertz CT molecular complexity index is 614. The zero-order chi connectivity index (χ0) is 14.8. The molecule has 0 bridgehead atoms. The summed E-state index contributed by atoms with van der Waals surface area (Å²) in [5, 5.41) is 7.04. The van der Waals surface area contributed by atoms with Crippen molar-refractivity contribution in [2.24, 2.45) is 0 Å². The second-order valence-electron chi connectivity index (χ2n) is 5.70. The van der Waals surface area contributed by atoms with E-state index in [0.717, 1.165) is 15.7 Å². The van der Waals surface area contributed by atoms with Crippen LogP contribution in [0.25, 0.3) is 0 Å². The number of aromatic nitrogens is 2. The normalized spacial score (nSPS) is 11.4. The maximum absolute atomic E-state index is 12.1. The van der Waals surface area contributed by atoms with Gasteiger partial charge in [-0.05, 0) is 33.0 Å². The van der Waals surface area contributed by atoms with Gasteiger partial charge < -0.3 is 5.32 Å². The van der Waals surface area contributed by atoms with Crippen LogP contribution < -0.4 is 5.32 Å². The van der Waals surface area contributed by atoms with Gasteiger partial charge in [-0.3, -0.25) is 9.48 Å². The van der Waals surface area contributed by atoms with Crippen LogP contribution in [-0.4, -0.2) is 15.7 Å². The van der Waals surface area contributed by atoms with E-state index in [1.54, 1.807) is 17.1 Å². The van der Waals surface area contributed by atoms with Crippen LogP contribution in [-0.2, 0) is 16.8 Å². The van der Waals surface area contributed by atoms with E-state index < -0.39 is 0 Å². The standard InChI is InChI=1S/C15H18BrN3O/c1-15(2,3)12-6-4-5-7-13(12)18-14(20)10-19-9-11(16)8-17-19/h4-9H,10H2,1-3H3,(H,18,20). The number of para-hydroxylation sites is 1. The van der Waals surface area contributed by atoms with E-state index >= 15 is 0 Å². The Morgan fingerprint density at radius 1 is 1.35 bits per heavy atom. The predicted molar refractivity (Wildman–Crippen MR) is 83.7 cm³/mol. The number of benzene rings is 1. The molecular weight excluding hydrogens is 318 g/mol. The quantitative estimate of drug-likeness (QED) is 0.931. The molecule has 2 rings (SSSR count). The average Bonchev–Trinajstić information content (AvgIpc) is 2.73. The van der Waals surface area contributed by atoms with Gasteiger partial charge in [-0.25, -0.2) is 0 Å². The number of hydrogen-bond donors (Lipinski definition) is 1. The van der Waals surface area contributed by atoms with Gasteiger partial charge in [0.2, 0.25) is 5.91 Å². The van der Waals surface area contributed by atoms with Gasteiger partial charge in [-0.15, -0.1) is 0 Å². The molecule has 0 radical (unpaired) electrons. The number of carbonyl (C=O) groups excluding carboxylic acids is 1. The molecule has 1 heterocycles. The van der Waals surface area contributed by atoms with E-state index in [1.165, 1.54) is 0 Å². The molecule has 1 aromatic carbocycles. The highest BCUT2D eigenvalue weighted by atomic mass is 79.9. The summed E-state index contributed by atoms with van der Waals surface area (Å²) in [5.41, 5.74) is 1.96. The van der Waals surface area contributed by atoms with Gasteiger partial charge in [0.15, 0.2) is 0 Å². The number of anilines is 1. The lowest BCUT2D eigenvalue weighted by molar-refractivity contribution is -0.116. The Balaban J connectivity index is 2.12. The van der Waals surface area contributed by atoms with Crippen molar-refractivity contribution < 1.29 is 4.79 Å². The number of rotatable bonds is 3. The molecule has 1 amide bonds. The van der Waals surface area contributed by atoms with E-state index in [9.17, 15) is 4.79 Å². The third kappa shape index (κ3) is 3.70. The largest absolute Gasteiger partial charge is 0.324 e. The average molecular weight is 336 g/mol. The smallest absolute Gasteiger partial charge is 0.246 e. The van der Waals surface area contributed by atoms with Crippen LogP contribution in [0.2, 0.25) is 0 Å². The lowest BCUT2D eigenvalue weighted by Crippen LogP contribution is -2.22. The van der Waals surface area contributed by atoms with E-state index in [4.69, 9.17) is 0 Å². The minimum Gasteiger partial charge on any atom is -0.324 e. The monoisotopic (exact) mass is 335 g/mol. The number of nitrogens with one attached hydrogen (secondary N) is 1. The Hall–Kier alpha value is -1.62. The van der Waals surface area contributed by atoms with Gasteiger partial charge in [0, 0.05) is 11.9 Å². The van der Waals surface area contributed by atoms with Crippen molar-refractivity contribution in [2.75, 3.05) is 5.32 Å². The predicted octanol–water partition coefficient (Wildman–Crippen LogP) is 3.58. The summed E-state index contributed by atoms with van der Waals surface area (Å²) in [6, 6.07) is 7.88. The molecule has 0 unspecified atom stereocenters. The van der Waals surface area contributed by atoms with Crippen LogP contribution >= 0.6 is 15.9 Å². The first kappa shape index (κ1) is 14.8. The topological polar surface area (TPSA) is 46.9 Å². The SMILES string of the molecule is CC(C)(C)c1ccccc1NC(=O)Cn1cc(Br)cn1. The van der Waals surface area contributed by atoms with Gasteiger partial charge in [0.1, 0.15) is 6.54 Å². The van der Waals surface area contributed by atoms with E-state index in [-0.39, 0.29) is 17.9 Å². The number of halogens is 1. The summed E-state index contributed by atoms with van der Waals surface area (Å²) in [6.45, 7) is 6.58. The summed E-state index contributed by atoms with van der Waals surface area (Å²) >= 11 is 3.31. The van der Waals surface area contributed by atoms with Crippen LogP contribution in [0.15, 0.2) is 41.1 Å². The molecule has 1 N–H and O–H groups in total. The van der Waals surface area contributed by atoms with Gasteiger partial charge in [0.05, 0.1) is 10.7 Å². The van der Waals surface area contributed by atoms with Gasteiger partial charge in [0.25, 0.3) is 0 Å². The first-order valence-electron chi connectivity index (χ1n) is 6.43. The van der Waals surface area contributed by atoms with Gasteiger partial charge in [-0.2, -0.15) is 5.10 Å². The molecule has 0 saturated carbocycles. The Morgan fingerprint density at radius 3 is 2.65 bits per heavy atom. The Labute approximate surface area is 127 Å². The molecule has 0 spiro atoms. The lowest BCUT2D eigenvalue weighted by Gasteiger charge is -2.23. The highest BCUT2D eigenvalue weighted by molar-refractivity contribution is 9.10. The van der Waals surface area contributed by atoms with Crippen molar-refractivity contribution in [1.29, 1.82) is 0 Å². The van der Waals surface area contributed by atoms with Crippen molar-refractivity contribution in [2.45, 2.75) is 32.7 Å². The highest BCUT2D eigenvalue weighted by Crippen LogP contribution is 2.29. The minimum atomic E-state index is -0.0858. The van der Waals surface area contributed by atoms with Crippen LogP contribution in [0.1, 0.15) is 26.3 Å². The molecule has 106 valence electrons. The number of carbonyl (C=O) groups is 1. The van der Waals surface area contributed by atoms with Crippen molar-refractivity contribution in [3.05, 3.63) is 46.7 Å². The number of hydrogen-bond acceptors (Lipinski definition) is 2. The zero-order valence-electron chi connectivity index (χ0n) is 11.9. The van der Waals surface area contributed by atoms with E-state index in [2.05, 4.69) is 47.1 Å². The lowest BCUT2D eigenvalue weighted by atomic mass is 9.86. The molecule has 0 fully saturated rings. The van der Waals surface area contributed by atoms with Crippen LogP contribution in [0.5, 0.6) is 0 Å². The molecule has 0 saturated heterocycles. The summed E-state index contributed by atoms with van der Waals surface area (Å²) in [6.07, 6.45) is 3.44. The molecule has 0 aliphatic rings. The van der Waals surface area contributed by atoms with Gasteiger partial charge in [-0.1, -0.05) is 39.0 Å². The third-order valence-corrected chi connectivity index (χ3v) is 3.33. The molecule has 0 atom stereocenters. The Kier molecular flexibility index (Phi) is 4.28. The van der Waals surface area contributed by atoms with Crippen LogP contribution in [0.4, 0.5) is 5.69 Å². The molecule has 0 aliphatic heterocycles. The molecule has 5 heteroatoms. The van der Waals surface area contributed by atoms with Crippen molar-refractivity contribution >= 4 is 27.5 Å². The molecule has 1 aromatic heterocycles. The van der Waals surface area contributed by atoms with Crippen molar-refractivity contribution in [3.8, 4) is 0 Å². The second-order valence-corrected chi connectivity index (χ2v) is 6.62. The fraction of sp³-hybridized carbons (Fsp3) is 0.333. The second kappa shape index (κ2) is 5.79. The van der Waals surface area contributed by atoms with Gasteiger partial charge >= 0.3 is 0 Å². The molecule has 0 aliphatic carbocycles. The fourth-order valence-corrected chi connectivity index (χ4v) is 2.34. The maximum atomic E-state index is 12.1. The molecule has 2 aromatic rings. The Morgan fingerprint density at radius 2 is 2.05 bits per heavy atom. The zero-order valence-corrected chi connectivity index (χ0v) is 13.4. The minimum absolute atomic E-state index is 0.0153. The van der Waals surface area contributed by atoms with Crippen LogP contribution in [0, 0.1) is 0 Å². The van der Waals surface area contributed by atoms with Crippen molar-refractivity contribution in [3.63, 3.8) is 0 Å². The first-order chi connectivity index (χ1) is 9.36. The fourth-order valence-electron chi connectivity index (χ4n) is 2.01. The van der Waals surface area contributed by atoms with Crippen molar-refractivity contribution in [1.82, 2.24) is 9.78 Å². The first-order valence-corrected chi connectivity index (χ1v) is 7.23. The summed E-state index contributed by atoms with van der Waals surface area (Å²) in [4.78, 5) is 12.1. The summed E-state index contributed by atoms with van der Waals surface area (Å²) < 4.78 is 2.46. The third-order valence-electron chi connectivity index (χ3n) is 2.92. The highest BCUT2D eigenvalue weighted by Gasteiger charge is 2.18. The molecular formula is C15H18BrN3O. The van der Waals surface area contributed by atoms with E-state index in [1.807, 2.05) is 24.3 Å². The summed E-state index contributed by atoms with van der Waals surface area (Å²) in [7, 11) is 0. The summed E-state index contributed by atoms with van der Waals surface area (Å²) in [5.74, 6) is -0.0858. The molecule has 4 nitrogen and oxygen atoms in total. The number of nitrogens with zero attached hydrogens (tertiary/aromatic N) is 2. The van der Waals surface area contributed by atoms with Crippen LogP contribution in [0.3, 0.4) is 0 Å². The van der Waals surface area contributed by atoms with E-state index in [0.29, 0.717) is 0 Å². The maximum Gasteiger partial charge on any atom is 0.246 e. The number of amides is 1.